The maximum Gasteiger partial charge on any atom is 0.228 e. The number of amides is 2. The zero-order valence-corrected chi connectivity index (χ0v) is 16.6. The van der Waals surface area contributed by atoms with Crippen molar-refractivity contribution in [3.63, 3.8) is 0 Å². The van der Waals surface area contributed by atoms with Crippen molar-refractivity contribution in [2.45, 2.75) is 25.7 Å². The number of nitrogens with one attached hydrogen (secondary N) is 1. The van der Waals surface area contributed by atoms with Gasteiger partial charge < -0.3 is 15.0 Å². The van der Waals surface area contributed by atoms with E-state index in [4.69, 9.17) is 4.74 Å². The summed E-state index contributed by atoms with van der Waals surface area (Å²) in [4.78, 5) is 28.3. The Labute approximate surface area is 167 Å². The summed E-state index contributed by atoms with van der Waals surface area (Å²) in [5.74, 6) is 0.843. The van der Waals surface area contributed by atoms with E-state index in [1.807, 2.05) is 24.3 Å². The Hall–Kier alpha value is -2.68. The number of rotatable bonds is 5. The summed E-state index contributed by atoms with van der Waals surface area (Å²) in [6.07, 6.45) is 2.98. The highest BCUT2D eigenvalue weighted by molar-refractivity contribution is 7.19. The van der Waals surface area contributed by atoms with E-state index in [0.717, 1.165) is 55.5 Å². The van der Waals surface area contributed by atoms with Gasteiger partial charge in [-0.3, -0.25) is 14.5 Å². The molecule has 148 valence electrons. The van der Waals surface area contributed by atoms with E-state index in [2.05, 4.69) is 20.4 Å². The van der Waals surface area contributed by atoms with Crippen LogP contribution in [0.25, 0.3) is 0 Å². The third-order valence-electron chi connectivity index (χ3n) is 5.18. The maximum absolute atomic E-state index is 12.6. The standard InChI is InChI=1S/C19H23N5O3S/c1-27-15-5-2-4-14(12-15)20-17(26)13-7-10-23(11-8-13)18-21-22-19(28-18)24-9-3-6-16(24)25/h2,4-5,12-13H,3,6-11H2,1H3,(H,20,26). The highest BCUT2D eigenvalue weighted by atomic mass is 32.1. The van der Waals surface area contributed by atoms with Crippen LogP contribution in [-0.2, 0) is 9.59 Å². The molecule has 28 heavy (non-hydrogen) atoms. The molecular weight excluding hydrogens is 378 g/mol. The summed E-state index contributed by atoms with van der Waals surface area (Å²) in [7, 11) is 1.61. The first-order chi connectivity index (χ1) is 13.6. The molecule has 2 amide bonds. The second-order valence-corrected chi connectivity index (χ2v) is 7.93. The van der Waals surface area contributed by atoms with Crippen molar-refractivity contribution < 1.29 is 14.3 Å². The predicted octanol–water partition coefficient (Wildman–Crippen LogP) is 2.53. The Morgan fingerprint density at radius 2 is 2.00 bits per heavy atom. The van der Waals surface area contributed by atoms with E-state index >= 15 is 0 Å². The number of carbonyl (C=O) groups is 2. The third kappa shape index (κ3) is 3.94. The summed E-state index contributed by atoms with van der Waals surface area (Å²) >= 11 is 1.45. The van der Waals surface area contributed by atoms with Crippen LogP contribution in [0.3, 0.4) is 0 Å². The molecule has 0 aliphatic carbocycles. The van der Waals surface area contributed by atoms with E-state index in [0.29, 0.717) is 11.6 Å². The molecule has 0 saturated carbocycles. The molecule has 0 atom stereocenters. The molecule has 0 unspecified atom stereocenters. The van der Waals surface area contributed by atoms with Gasteiger partial charge in [0.2, 0.25) is 22.1 Å². The lowest BCUT2D eigenvalue weighted by molar-refractivity contribution is -0.120. The lowest BCUT2D eigenvalue weighted by Crippen LogP contribution is -2.38. The minimum absolute atomic E-state index is 0.0324. The minimum atomic E-state index is -0.0324. The van der Waals surface area contributed by atoms with Crippen LogP contribution >= 0.6 is 11.3 Å². The number of anilines is 3. The van der Waals surface area contributed by atoms with Crippen LogP contribution < -0.4 is 19.9 Å². The van der Waals surface area contributed by atoms with Gasteiger partial charge in [-0.1, -0.05) is 17.4 Å². The molecule has 0 radical (unpaired) electrons. The summed E-state index contributed by atoms with van der Waals surface area (Å²) in [5.41, 5.74) is 0.746. The number of benzene rings is 1. The van der Waals surface area contributed by atoms with Crippen LogP contribution in [-0.4, -0.2) is 48.8 Å². The van der Waals surface area contributed by atoms with Crippen LogP contribution in [0.15, 0.2) is 24.3 Å². The molecule has 9 heteroatoms. The molecule has 8 nitrogen and oxygen atoms in total. The SMILES string of the molecule is COc1cccc(NC(=O)C2CCN(c3nnc(N4CCCC4=O)s3)CC2)c1. The van der Waals surface area contributed by atoms with E-state index < -0.39 is 0 Å². The number of methoxy groups -OCH3 is 1. The second kappa shape index (κ2) is 8.14. The van der Waals surface area contributed by atoms with Gasteiger partial charge in [0.1, 0.15) is 5.75 Å². The van der Waals surface area contributed by atoms with Crippen molar-refractivity contribution in [1.29, 1.82) is 0 Å². The highest BCUT2D eigenvalue weighted by Crippen LogP contribution is 2.32. The fourth-order valence-electron chi connectivity index (χ4n) is 3.57. The van der Waals surface area contributed by atoms with Gasteiger partial charge in [0.05, 0.1) is 7.11 Å². The van der Waals surface area contributed by atoms with Crippen LogP contribution in [0.5, 0.6) is 5.75 Å². The first kappa shape index (κ1) is 18.7. The molecular formula is C19H23N5O3S. The Balaban J connectivity index is 1.32. The summed E-state index contributed by atoms with van der Waals surface area (Å²) < 4.78 is 5.20. The van der Waals surface area contributed by atoms with Crippen molar-refractivity contribution in [1.82, 2.24) is 10.2 Å². The van der Waals surface area contributed by atoms with Gasteiger partial charge in [0, 0.05) is 43.7 Å². The van der Waals surface area contributed by atoms with Crippen LogP contribution in [0.4, 0.5) is 16.0 Å². The van der Waals surface area contributed by atoms with Gasteiger partial charge in [-0.25, -0.2) is 0 Å². The first-order valence-corrected chi connectivity index (χ1v) is 10.3. The normalized spacial score (nSPS) is 17.8. The maximum atomic E-state index is 12.6. The Kier molecular flexibility index (Phi) is 5.43. The molecule has 2 fully saturated rings. The lowest BCUT2D eigenvalue weighted by Gasteiger charge is -2.30. The molecule has 1 N–H and O–H groups in total. The topological polar surface area (TPSA) is 87.7 Å². The highest BCUT2D eigenvalue weighted by Gasteiger charge is 2.29. The van der Waals surface area contributed by atoms with Crippen molar-refractivity contribution in [3.05, 3.63) is 24.3 Å². The number of carbonyl (C=O) groups excluding carboxylic acids is 2. The van der Waals surface area contributed by atoms with Gasteiger partial charge in [-0.05, 0) is 31.4 Å². The number of piperidine rings is 1. The van der Waals surface area contributed by atoms with E-state index in [9.17, 15) is 9.59 Å². The molecule has 0 spiro atoms. The quantitative estimate of drug-likeness (QED) is 0.828. The summed E-state index contributed by atoms with van der Waals surface area (Å²) in [6, 6.07) is 7.38. The molecule has 2 aliphatic rings. The summed E-state index contributed by atoms with van der Waals surface area (Å²) in [5, 5.41) is 12.9. The predicted molar refractivity (Wildman–Crippen MR) is 108 cm³/mol. The van der Waals surface area contributed by atoms with Gasteiger partial charge >= 0.3 is 0 Å². The molecule has 1 aromatic heterocycles. The Morgan fingerprint density at radius 1 is 1.21 bits per heavy atom. The van der Waals surface area contributed by atoms with E-state index in [1.165, 1.54) is 11.3 Å². The van der Waals surface area contributed by atoms with Gasteiger partial charge in [-0.2, -0.15) is 0 Å². The smallest absolute Gasteiger partial charge is 0.228 e. The van der Waals surface area contributed by atoms with Crippen molar-refractivity contribution in [3.8, 4) is 5.75 Å². The van der Waals surface area contributed by atoms with E-state index in [1.54, 1.807) is 12.0 Å². The van der Waals surface area contributed by atoms with Gasteiger partial charge in [0.25, 0.3) is 0 Å². The largest absolute Gasteiger partial charge is 0.497 e. The van der Waals surface area contributed by atoms with Crippen LogP contribution in [0.2, 0.25) is 0 Å². The molecule has 4 rings (SSSR count). The van der Waals surface area contributed by atoms with Crippen molar-refractivity contribution >= 4 is 39.1 Å². The second-order valence-electron chi connectivity index (χ2n) is 7.00. The molecule has 3 heterocycles. The fourth-order valence-corrected chi connectivity index (χ4v) is 4.51. The number of hydrogen-bond acceptors (Lipinski definition) is 7. The molecule has 1 aromatic carbocycles. The van der Waals surface area contributed by atoms with Crippen LogP contribution in [0, 0.1) is 5.92 Å². The fraction of sp³-hybridized carbons (Fsp3) is 0.474. The average molecular weight is 401 g/mol. The lowest BCUT2D eigenvalue weighted by atomic mass is 9.96. The zero-order valence-electron chi connectivity index (χ0n) is 15.8. The molecule has 2 aromatic rings. The third-order valence-corrected chi connectivity index (χ3v) is 6.19. The van der Waals surface area contributed by atoms with Gasteiger partial charge in [-0.15, -0.1) is 10.2 Å². The number of nitrogens with zero attached hydrogens (tertiary/aromatic N) is 4. The minimum Gasteiger partial charge on any atom is -0.497 e. The molecule has 0 bridgehead atoms. The van der Waals surface area contributed by atoms with Gasteiger partial charge in [0.15, 0.2) is 0 Å². The van der Waals surface area contributed by atoms with Crippen molar-refractivity contribution in [2.75, 3.05) is 41.9 Å². The monoisotopic (exact) mass is 401 g/mol. The number of ether oxygens (including phenoxy) is 1. The average Bonchev–Trinajstić information content (AvgIpc) is 3.37. The Bertz CT molecular complexity index is 863. The van der Waals surface area contributed by atoms with Crippen LogP contribution in [0.1, 0.15) is 25.7 Å². The summed E-state index contributed by atoms with van der Waals surface area (Å²) in [6.45, 7) is 2.22. The van der Waals surface area contributed by atoms with E-state index in [-0.39, 0.29) is 17.7 Å². The molecule has 2 saturated heterocycles. The number of hydrogen-bond donors (Lipinski definition) is 1. The van der Waals surface area contributed by atoms with Crippen molar-refractivity contribution in [2.24, 2.45) is 5.92 Å². The Morgan fingerprint density at radius 3 is 2.71 bits per heavy atom. The zero-order chi connectivity index (χ0) is 19.5. The first-order valence-electron chi connectivity index (χ1n) is 9.48. The molecule has 2 aliphatic heterocycles. The number of aromatic nitrogens is 2.